The van der Waals surface area contributed by atoms with Gasteiger partial charge in [-0.05, 0) is 25.1 Å². The predicted octanol–water partition coefficient (Wildman–Crippen LogP) is 1.22. The molecule has 0 bridgehead atoms. The van der Waals surface area contributed by atoms with Crippen molar-refractivity contribution < 1.29 is 9.47 Å². The molecule has 0 amide bonds. The Kier molecular flexibility index (Phi) is 2.59. The molecule has 3 nitrogen and oxygen atoms in total. The van der Waals surface area contributed by atoms with Crippen molar-refractivity contribution in [1.82, 2.24) is 5.32 Å². The van der Waals surface area contributed by atoms with E-state index in [-0.39, 0.29) is 0 Å². The second-order valence-electron chi connectivity index (χ2n) is 3.45. The maximum Gasteiger partial charge on any atom is 0.164 e. The van der Waals surface area contributed by atoms with Crippen LogP contribution in [0.3, 0.4) is 0 Å². The number of hydrogen-bond acceptors (Lipinski definition) is 3. The van der Waals surface area contributed by atoms with Gasteiger partial charge in [0.15, 0.2) is 11.5 Å². The van der Waals surface area contributed by atoms with Gasteiger partial charge in [0, 0.05) is 6.04 Å². The van der Waals surface area contributed by atoms with Crippen LogP contribution in [-0.2, 0) is 6.42 Å². The number of likely N-dealkylation sites (N-methyl/N-ethyl adjacent to an activating group) is 1. The van der Waals surface area contributed by atoms with Gasteiger partial charge >= 0.3 is 0 Å². The third-order valence-corrected chi connectivity index (χ3v) is 2.58. The molecule has 0 aromatic heterocycles. The fourth-order valence-electron chi connectivity index (χ4n) is 1.74. The van der Waals surface area contributed by atoms with Crippen LogP contribution in [0.5, 0.6) is 11.5 Å². The van der Waals surface area contributed by atoms with E-state index in [1.54, 1.807) is 7.11 Å². The minimum atomic E-state index is 0.412. The predicted molar refractivity (Wildman–Crippen MR) is 55.0 cm³/mol. The highest BCUT2D eigenvalue weighted by atomic mass is 16.5. The van der Waals surface area contributed by atoms with Gasteiger partial charge in [-0.25, -0.2) is 0 Å². The minimum Gasteiger partial charge on any atom is -0.493 e. The summed E-state index contributed by atoms with van der Waals surface area (Å²) in [6.45, 7) is 0.712. The van der Waals surface area contributed by atoms with Crippen LogP contribution < -0.4 is 14.8 Å². The van der Waals surface area contributed by atoms with Crippen molar-refractivity contribution >= 4 is 0 Å². The number of ether oxygens (including phenoxy) is 2. The lowest BCUT2D eigenvalue weighted by Crippen LogP contribution is -2.36. The van der Waals surface area contributed by atoms with E-state index in [0.29, 0.717) is 12.6 Å². The van der Waals surface area contributed by atoms with E-state index in [0.717, 1.165) is 17.9 Å². The van der Waals surface area contributed by atoms with Crippen LogP contribution in [0.2, 0.25) is 0 Å². The third kappa shape index (κ3) is 1.55. The molecule has 1 aromatic carbocycles. The van der Waals surface area contributed by atoms with Crippen molar-refractivity contribution in [2.24, 2.45) is 0 Å². The van der Waals surface area contributed by atoms with Crippen molar-refractivity contribution in [3.05, 3.63) is 23.8 Å². The summed E-state index contributed by atoms with van der Waals surface area (Å²) in [5.74, 6) is 1.73. The standard InChI is InChI=1S/C11H15NO2/c1-12-9-6-8-4-3-5-10(13-2)11(8)14-7-9/h3-5,9,12H,6-7H2,1-2H3/t9-/m1/s1. The second kappa shape index (κ2) is 3.88. The van der Waals surface area contributed by atoms with Crippen molar-refractivity contribution in [3.63, 3.8) is 0 Å². The number of nitrogens with one attached hydrogen (secondary N) is 1. The molecule has 14 heavy (non-hydrogen) atoms. The molecule has 0 spiro atoms. The smallest absolute Gasteiger partial charge is 0.164 e. The molecular formula is C11H15NO2. The average Bonchev–Trinajstić information content (AvgIpc) is 2.27. The molecule has 0 radical (unpaired) electrons. The SMILES string of the molecule is CN[C@H]1COc2c(cccc2OC)C1. The molecule has 2 rings (SSSR count). The first-order chi connectivity index (χ1) is 6.85. The Balaban J connectivity index is 2.30. The molecule has 76 valence electrons. The highest BCUT2D eigenvalue weighted by molar-refractivity contribution is 5.48. The van der Waals surface area contributed by atoms with E-state index in [1.165, 1.54) is 5.56 Å². The second-order valence-corrected chi connectivity index (χ2v) is 3.45. The molecule has 0 saturated carbocycles. The van der Waals surface area contributed by atoms with Crippen LogP contribution in [0.25, 0.3) is 0 Å². The van der Waals surface area contributed by atoms with Crippen LogP contribution in [0.1, 0.15) is 5.56 Å². The first-order valence-corrected chi connectivity index (χ1v) is 4.81. The molecule has 1 N–H and O–H groups in total. The Labute approximate surface area is 84.0 Å². The maximum atomic E-state index is 5.66. The minimum absolute atomic E-state index is 0.412. The number of methoxy groups -OCH3 is 1. The highest BCUT2D eigenvalue weighted by Crippen LogP contribution is 2.34. The van der Waals surface area contributed by atoms with E-state index in [2.05, 4.69) is 11.4 Å². The summed E-state index contributed by atoms with van der Waals surface area (Å²) >= 11 is 0. The van der Waals surface area contributed by atoms with Gasteiger partial charge in [-0.15, -0.1) is 0 Å². The summed E-state index contributed by atoms with van der Waals surface area (Å²) in [7, 11) is 3.63. The molecule has 0 unspecified atom stereocenters. The van der Waals surface area contributed by atoms with E-state index >= 15 is 0 Å². The van der Waals surface area contributed by atoms with Crippen LogP contribution in [-0.4, -0.2) is 26.8 Å². The number of para-hydroxylation sites is 1. The van der Waals surface area contributed by atoms with Crippen LogP contribution in [0.15, 0.2) is 18.2 Å². The summed E-state index contributed by atoms with van der Waals surface area (Å²) in [5.41, 5.74) is 1.22. The summed E-state index contributed by atoms with van der Waals surface area (Å²) in [6, 6.07) is 6.42. The van der Waals surface area contributed by atoms with E-state index in [4.69, 9.17) is 9.47 Å². The molecule has 0 aliphatic carbocycles. The van der Waals surface area contributed by atoms with Gasteiger partial charge in [-0.2, -0.15) is 0 Å². The number of rotatable bonds is 2. The normalized spacial score (nSPS) is 19.7. The van der Waals surface area contributed by atoms with Crippen molar-refractivity contribution in [2.75, 3.05) is 20.8 Å². The fraction of sp³-hybridized carbons (Fsp3) is 0.455. The summed E-state index contributed by atoms with van der Waals surface area (Å²) in [4.78, 5) is 0. The molecule has 1 aliphatic rings. The Bertz CT molecular complexity index is 325. The molecule has 1 atom stereocenters. The average molecular weight is 193 g/mol. The molecule has 0 saturated heterocycles. The van der Waals surface area contributed by atoms with Gasteiger partial charge in [-0.1, -0.05) is 12.1 Å². The Hall–Kier alpha value is -1.22. The quantitative estimate of drug-likeness (QED) is 0.766. The largest absolute Gasteiger partial charge is 0.493 e. The van der Waals surface area contributed by atoms with Gasteiger partial charge in [0.1, 0.15) is 6.61 Å². The summed E-state index contributed by atoms with van der Waals surface area (Å²) in [5, 5.41) is 3.22. The maximum absolute atomic E-state index is 5.66. The molecular weight excluding hydrogens is 178 g/mol. The molecule has 0 fully saturated rings. The van der Waals surface area contributed by atoms with E-state index in [9.17, 15) is 0 Å². The van der Waals surface area contributed by atoms with Crippen molar-refractivity contribution in [3.8, 4) is 11.5 Å². The van der Waals surface area contributed by atoms with E-state index < -0.39 is 0 Å². The zero-order chi connectivity index (χ0) is 9.97. The molecule has 1 aromatic rings. The lowest BCUT2D eigenvalue weighted by atomic mass is 10.0. The van der Waals surface area contributed by atoms with Crippen LogP contribution >= 0.6 is 0 Å². The topological polar surface area (TPSA) is 30.5 Å². The number of hydrogen-bond donors (Lipinski definition) is 1. The number of fused-ring (bicyclic) bond motifs is 1. The fourth-order valence-corrected chi connectivity index (χ4v) is 1.74. The molecule has 1 heterocycles. The Morgan fingerprint density at radius 1 is 1.50 bits per heavy atom. The van der Waals surface area contributed by atoms with Gasteiger partial charge in [0.2, 0.25) is 0 Å². The first-order valence-electron chi connectivity index (χ1n) is 4.81. The van der Waals surface area contributed by atoms with E-state index in [1.807, 2.05) is 19.2 Å². The van der Waals surface area contributed by atoms with Crippen molar-refractivity contribution in [1.29, 1.82) is 0 Å². The number of benzene rings is 1. The summed E-state index contributed by atoms with van der Waals surface area (Å²) < 4.78 is 10.9. The van der Waals surface area contributed by atoms with Crippen molar-refractivity contribution in [2.45, 2.75) is 12.5 Å². The van der Waals surface area contributed by atoms with Gasteiger partial charge < -0.3 is 14.8 Å². The Morgan fingerprint density at radius 3 is 3.07 bits per heavy atom. The third-order valence-electron chi connectivity index (χ3n) is 2.58. The molecule has 1 aliphatic heterocycles. The lowest BCUT2D eigenvalue weighted by molar-refractivity contribution is 0.233. The molecule has 3 heteroatoms. The Morgan fingerprint density at radius 2 is 2.36 bits per heavy atom. The summed E-state index contributed by atoms with van der Waals surface area (Å²) in [6.07, 6.45) is 1.00. The van der Waals surface area contributed by atoms with Crippen LogP contribution in [0.4, 0.5) is 0 Å². The highest BCUT2D eigenvalue weighted by Gasteiger charge is 2.20. The lowest BCUT2D eigenvalue weighted by Gasteiger charge is -2.26. The van der Waals surface area contributed by atoms with Crippen LogP contribution in [0, 0.1) is 0 Å². The van der Waals surface area contributed by atoms with Gasteiger partial charge in [0.05, 0.1) is 7.11 Å². The van der Waals surface area contributed by atoms with Gasteiger partial charge in [0.25, 0.3) is 0 Å². The van der Waals surface area contributed by atoms with Gasteiger partial charge in [-0.3, -0.25) is 0 Å². The monoisotopic (exact) mass is 193 g/mol. The first kappa shape index (κ1) is 9.34. The zero-order valence-corrected chi connectivity index (χ0v) is 8.54. The zero-order valence-electron chi connectivity index (χ0n) is 8.54.